The van der Waals surface area contributed by atoms with E-state index in [1.807, 2.05) is 0 Å². The maximum atomic E-state index is 13.0. The van der Waals surface area contributed by atoms with E-state index in [1.54, 1.807) is 6.92 Å². The van der Waals surface area contributed by atoms with Crippen LogP contribution in [0.3, 0.4) is 0 Å². The summed E-state index contributed by atoms with van der Waals surface area (Å²) in [4.78, 5) is 0. The van der Waals surface area contributed by atoms with Gasteiger partial charge in [-0.3, -0.25) is 0 Å². The van der Waals surface area contributed by atoms with E-state index >= 15 is 0 Å². The van der Waals surface area contributed by atoms with Gasteiger partial charge in [0.15, 0.2) is 0 Å². The Morgan fingerprint density at radius 1 is 1.25 bits per heavy atom. The molecule has 0 aliphatic heterocycles. The second-order valence-electron chi connectivity index (χ2n) is 3.29. The van der Waals surface area contributed by atoms with Gasteiger partial charge in [0, 0.05) is 6.07 Å². The zero-order valence-electron chi connectivity index (χ0n) is 8.41. The normalized spacial score (nSPS) is 10.8. The largest absolute Gasteiger partial charge is 0.217 e. The SMILES string of the molecule is Cc1c(CCl)nnn1-c1cc(F)cc(F)c1. The molecule has 16 heavy (non-hydrogen) atoms. The van der Waals surface area contributed by atoms with E-state index in [9.17, 15) is 8.78 Å². The number of rotatable bonds is 2. The van der Waals surface area contributed by atoms with Gasteiger partial charge in [-0.2, -0.15) is 0 Å². The molecular weight excluding hydrogens is 236 g/mol. The fourth-order valence-corrected chi connectivity index (χ4v) is 1.64. The average Bonchev–Trinajstić information content (AvgIpc) is 2.58. The molecule has 2 rings (SSSR count). The van der Waals surface area contributed by atoms with Crippen molar-refractivity contribution in [3.05, 3.63) is 41.2 Å². The first-order valence-electron chi connectivity index (χ1n) is 4.55. The highest BCUT2D eigenvalue weighted by Crippen LogP contribution is 2.16. The molecule has 0 atom stereocenters. The molecule has 84 valence electrons. The highest BCUT2D eigenvalue weighted by Gasteiger charge is 2.10. The zero-order chi connectivity index (χ0) is 11.7. The van der Waals surface area contributed by atoms with Crippen LogP contribution >= 0.6 is 11.6 Å². The topological polar surface area (TPSA) is 30.7 Å². The fourth-order valence-electron chi connectivity index (χ4n) is 1.39. The fraction of sp³-hybridized carbons (Fsp3) is 0.200. The first kappa shape index (κ1) is 11.0. The highest BCUT2D eigenvalue weighted by molar-refractivity contribution is 6.16. The minimum absolute atomic E-state index is 0.212. The predicted octanol–water partition coefficient (Wildman–Crippen LogP) is 2.59. The third kappa shape index (κ3) is 1.90. The molecule has 0 aliphatic carbocycles. The van der Waals surface area contributed by atoms with Crippen molar-refractivity contribution >= 4 is 11.6 Å². The first-order valence-corrected chi connectivity index (χ1v) is 5.09. The van der Waals surface area contributed by atoms with Gasteiger partial charge in [0.2, 0.25) is 0 Å². The minimum atomic E-state index is -0.655. The van der Waals surface area contributed by atoms with Crippen LogP contribution in [-0.2, 0) is 5.88 Å². The standard InChI is InChI=1S/C10H8ClF2N3/c1-6-10(5-11)14-15-16(6)9-3-7(12)2-8(13)4-9/h2-4H,5H2,1H3. The van der Waals surface area contributed by atoms with Gasteiger partial charge in [-0.05, 0) is 19.1 Å². The van der Waals surface area contributed by atoms with Crippen molar-refractivity contribution in [1.29, 1.82) is 0 Å². The second-order valence-corrected chi connectivity index (χ2v) is 3.56. The third-order valence-corrected chi connectivity index (χ3v) is 2.46. The van der Waals surface area contributed by atoms with Crippen LogP contribution < -0.4 is 0 Å². The van der Waals surface area contributed by atoms with Gasteiger partial charge in [0.1, 0.15) is 17.3 Å². The average molecular weight is 244 g/mol. The van der Waals surface area contributed by atoms with Crippen molar-refractivity contribution in [2.75, 3.05) is 0 Å². The van der Waals surface area contributed by atoms with Crippen LogP contribution in [0.25, 0.3) is 5.69 Å². The van der Waals surface area contributed by atoms with E-state index in [2.05, 4.69) is 10.3 Å². The lowest BCUT2D eigenvalue weighted by atomic mass is 10.3. The van der Waals surface area contributed by atoms with Gasteiger partial charge in [0.05, 0.1) is 17.3 Å². The van der Waals surface area contributed by atoms with Crippen molar-refractivity contribution in [2.24, 2.45) is 0 Å². The number of alkyl halides is 1. The van der Waals surface area contributed by atoms with Gasteiger partial charge >= 0.3 is 0 Å². The van der Waals surface area contributed by atoms with E-state index in [1.165, 1.54) is 16.8 Å². The second kappa shape index (κ2) is 4.17. The van der Waals surface area contributed by atoms with Crippen LogP contribution in [0.15, 0.2) is 18.2 Å². The number of benzene rings is 1. The Balaban J connectivity index is 2.54. The van der Waals surface area contributed by atoms with Crippen LogP contribution in [0.2, 0.25) is 0 Å². The summed E-state index contributed by atoms with van der Waals surface area (Å²) in [6.07, 6.45) is 0. The summed E-state index contributed by atoms with van der Waals surface area (Å²) >= 11 is 5.63. The number of halogens is 3. The van der Waals surface area contributed by atoms with Crippen LogP contribution in [0.1, 0.15) is 11.4 Å². The molecule has 1 aromatic carbocycles. The Labute approximate surface area is 95.6 Å². The lowest BCUT2D eigenvalue weighted by molar-refractivity contribution is 0.579. The van der Waals surface area contributed by atoms with Gasteiger partial charge in [0.25, 0.3) is 0 Å². The molecule has 0 unspecified atom stereocenters. The van der Waals surface area contributed by atoms with Crippen molar-refractivity contribution < 1.29 is 8.78 Å². The van der Waals surface area contributed by atoms with Crippen LogP contribution in [0.5, 0.6) is 0 Å². The lowest BCUT2D eigenvalue weighted by Crippen LogP contribution is -2.00. The Bertz CT molecular complexity index is 505. The van der Waals surface area contributed by atoms with E-state index in [4.69, 9.17) is 11.6 Å². The molecule has 1 heterocycles. The van der Waals surface area contributed by atoms with E-state index in [-0.39, 0.29) is 5.88 Å². The van der Waals surface area contributed by atoms with Gasteiger partial charge < -0.3 is 0 Å². The molecule has 0 saturated carbocycles. The molecule has 0 spiro atoms. The molecular formula is C10H8ClF2N3. The smallest absolute Gasteiger partial charge is 0.128 e. The zero-order valence-corrected chi connectivity index (χ0v) is 9.17. The monoisotopic (exact) mass is 243 g/mol. The molecule has 6 heteroatoms. The first-order chi connectivity index (χ1) is 7.61. The van der Waals surface area contributed by atoms with Crippen LogP contribution in [0.4, 0.5) is 8.78 Å². The maximum Gasteiger partial charge on any atom is 0.128 e. The molecule has 3 nitrogen and oxygen atoms in total. The summed E-state index contributed by atoms with van der Waals surface area (Å²) in [6, 6.07) is 3.17. The molecule has 0 fully saturated rings. The van der Waals surface area contributed by atoms with Crippen LogP contribution in [-0.4, -0.2) is 15.0 Å². The summed E-state index contributed by atoms with van der Waals surface area (Å²) in [5.41, 5.74) is 1.55. The number of aromatic nitrogens is 3. The maximum absolute atomic E-state index is 13.0. The minimum Gasteiger partial charge on any atom is -0.217 e. The quantitative estimate of drug-likeness (QED) is 0.759. The van der Waals surface area contributed by atoms with Crippen molar-refractivity contribution in [1.82, 2.24) is 15.0 Å². The van der Waals surface area contributed by atoms with E-state index in [0.717, 1.165) is 6.07 Å². The predicted molar refractivity (Wildman–Crippen MR) is 55.6 cm³/mol. The Kier molecular flexibility index (Phi) is 2.87. The summed E-state index contributed by atoms with van der Waals surface area (Å²) in [5.74, 6) is -1.10. The highest BCUT2D eigenvalue weighted by atomic mass is 35.5. The van der Waals surface area contributed by atoms with Crippen molar-refractivity contribution in [2.45, 2.75) is 12.8 Å². The Hall–Kier alpha value is -1.49. The van der Waals surface area contributed by atoms with E-state index in [0.29, 0.717) is 17.1 Å². The van der Waals surface area contributed by atoms with Gasteiger partial charge in [-0.1, -0.05) is 5.21 Å². The van der Waals surface area contributed by atoms with Crippen molar-refractivity contribution in [3.63, 3.8) is 0 Å². The molecule has 0 aliphatic rings. The number of hydrogen-bond acceptors (Lipinski definition) is 2. The van der Waals surface area contributed by atoms with Gasteiger partial charge in [-0.15, -0.1) is 16.7 Å². The number of nitrogens with zero attached hydrogens (tertiary/aromatic N) is 3. The van der Waals surface area contributed by atoms with Gasteiger partial charge in [-0.25, -0.2) is 13.5 Å². The number of hydrogen-bond donors (Lipinski definition) is 0. The molecule has 1 aromatic heterocycles. The summed E-state index contributed by atoms with van der Waals surface area (Å²) in [5, 5.41) is 7.59. The summed E-state index contributed by atoms with van der Waals surface area (Å²) in [7, 11) is 0. The summed E-state index contributed by atoms with van der Waals surface area (Å²) < 4.78 is 27.4. The Morgan fingerprint density at radius 3 is 2.38 bits per heavy atom. The van der Waals surface area contributed by atoms with E-state index < -0.39 is 11.6 Å². The van der Waals surface area contributed by atoms with Crippen molar-refractivity contribution in [3.8, 4) is 5.69 Å². The molecule has 2 aromatic rings. The van der Waals surface area contributed by atoms with Crippen LogP contribution in [0, 0.1) is 18.6 Å². The Morgan fingerprint density at radius 2 is 1.88 bits per heavy atom. The molecule has 0 radical (unpaired) electrons. The molecule has 0 amide bonds. The molecule has 0 saturated heterocycles. The lowest BCUT2D eigenvalue weighted by Gasteiger charge is -2.03. The molecule has 0 N–H and O–H groups in total. The third-order valence-electron chi connectivity index (χ3n) is 2.21. The summed E-state index contributed by atoms with van der Waals surface area (Å²) in [6.45, 7) is 1.74. The molecule has 0 bridgehead atoms.